The average molecular weight is 334 g/mol. The first-order chi connectivity index (χ1) is 10.8. The van der Waals surface area contributed by atoms with Crippen LogP contribution < -0.4 is 10.1 Å². The average Bonchev–Trinajstić information content (AvgIpc) is 2.89. The Hall–Kier alpha value is -2.88. The zero-order valence-electron chi connectivity index (χ0n) is 12.0. The molecule has 0 saturated carbocycles. The van der Waals surface area contributed by atoms with Crippen LogP contribution in [-0.4, -0.2) is 51.1 Å². The van der Waals surface area contributed by atoms with Crippen LogP contribution in [-0.2, 0) is 14.6 Å². The molecule has 0 unspecified atom stereocenters. The number of ether oxygens (including phenoxy) is 1. The molecule has 118 valence electrons. The minimum Gasteiger partial charge on any atom is -0.496 e. The van der Waals surface area contributed by atoms with E-state index in [2.05, 4.69) is 15.0 Å². The highest BCUT2D eigenvalue weighted by Gasteiger charge is 2.32. The zero-order chi connectivity index (χ0) is 16.8. The first kappa shape index (κ1) is 15.0. The molecular formula is C13H10N4O5S. The smallest absolute Gasteiger partial charge is 0.350 e. The maximum absolute atomic E-state index is 11.7. The van der Waals surface area contributed by atoms with Crippen molar-refractivity contribution in [1.29, 1.82) is 0 Å². The summed E-state index contributed by atoms with van der Waals surface area (Å²) < 4.78 is 28.4. The van der Waals surface area contributed by atoms with Gasteiger partial charge in [0, 0.05) is 6.26 Å². The van der Waals surface area contributed by atoms with Crippen LogP contribution >= 0.6 is 0 Å². The Morgan fingerprint density at radius 1 is 1.09 bits per heavy atom. The fourth-order valence-corrected chi connectivity index (χ4v) is 2.69. The van der Waals surface area contributed by atoms with Crippen molar-refractivity contribution in [1.82, 2.24) is 5.32 Å². The molecule has 1 aromatic carbocycles. The number of urea groups is 1. The summed E-state index contributed by atoms with van der Waals surface area (Å²) in [5.74, 6) is -0.434. The Balaban J connectivity index is 2.11. The topological polar surface area (TPSA) is 127 Å². The Kier molecular flexibility index (Phi) is 3.33. The number of hydrogen-bond acceptors (Lipinski definition) is 7. The van der Waals surface area contributed by atoms with Crippen molar-refractivity contribution < 1.29 is 22.7 Å². The number of carbonyl (C=O) groups is 2. The number of sulfone groups is 1. The minimum absolute atomic E-state index is 0.0751. The van der Waals surface area contributed by atoms with Crippen molar-refractivity contribution >= 4 is 39.2 Å². The second kappa shape index (κ2) is 5.09. The van der Waals surface area contributed by atoms with Gasteiger partial charge in [0.2, 0.25) is 0 Å². The maximum atomic E-state index is 11.7. The van der Waals surface area contributed by atoms with Crippen LogP contribution in [0.4, 0.5) is 4.79 Å². The molecule has 9 nitrogen and oxygen atoms in total. The van der Waals surface area contributed by atoms with E-state index in [9.17, 15) is 18.0 Å². The van der Waals surface area contributed by atoms with Crippen LogP contribution in [0.3, 0.4) is 0 Å². The van der Waals surface area contributed by atoms with Gasteiger partial charge in [-0.2, -0.15) is 4.99 Å². The normalized spacial score (nSPS) is 17.0. The Morgan fingerprint density at radius 2 is 1.83 bits per heavy atom. The van der Waals surface area contributed by atoms with E-state index in [0.29, 0.717) is 5.56 Å². The van der Waals surface area contributed by atoms with Crippen LogP contribution in [0.25, 0.3) is 0 Å². The number of imide groups is 1. The molecule has 0 saturated heterocycles. The molecule has 2 aliphatic rings. The molecule has 2 heterocycles. The summed E-state index contributed by atoms with van der Waals surface area (Å²) in [6.45, 7) is 0. The third-order valence-corrected chi connectivity index (χ3v) is 4.24. The van der Waals surface area contributed by atoms with Crippen molar-refractivity contribution in [2.75, 3.05) is 13.4 Å². The molecule has 0 aromatic heterocycles. The number of nitrogens with zero attached hydrogens (tertiary/aromatic N) is 3. The van der Waals surface area contributed by atoms with Gasteiger partial charge in [-0.25, -0.2) is 23.2 Å². The summed E-state index contributed by atoms with van der Waals surface area (Å²) in [4.78, 5) is 34.6. The van der Waals surface area contributed by atoms with Crippen LogP contribution in [0.5, 0.6) is 5.75 Å². The third-order valence-electron chi connectivity index (χ3n) is 3.13. The highest BCUT2D eigenvalue weighted by atomic mass is 32.2. The second-order valence-corrected chi connectivity index (χ2v) is 6.74. The van der Waals surface area contributed by atoms with E-state index in [1.807, 2.05) is 5.32 Å². The zero-order valence-corrected chi connectivity index (χ0v) is 12.8. The lowest BCUT2D eigenvalue weighted by Crippen LogP contribution is -2.41. The van der Waals surface area contributed by atoms with E-state index in [4.69, 9.17) is 4.74 Å². The first-order valence-electron chi connectivity index (χ1n) is 6.30. The van der Waals surface area contributed by atoms with Gasteiger partial charge in [-0.3, -0.25) is 10.1 Å². The molecule has 0 bridgehead atoms. The Morgan fingerprint density at radius 3 is 2.48 bits per heavy atom. The lowest BCUT2D eigenvalue weighted by molar-refractivity contribution is -0.113. The molecule has 0 radical (unpaired) electrons. The monoisotopic (exact) mass is 334 g/mol. The van der Waals surface area contributed by atoms with E-state index in [1.165, 1.54) is 25.3 Å². The molecule has 0 aliphatic carbocycles. The number of hydrogen-bond donors (Lipinski definition) is 1. The molecule has 1 N–H and O–H groups in total. The number of benzene rings is 1. The highest BCUT2D eigenvalue weighted by molar-refractivity contribution is 7.90. The largest absolute Gasteiger partial charge is 0.496 e. The van der Waals surface area contributed by atoms with E-state index >= 15 is 0 Å². The lowest BCUT2D eigenvalue weighted by atomic mass is 10.2. The first-order valence-corrected chi connectivity index (χ1v) is 8.19. The number of carbonyl (C=O) groups excluding carboxylic acids is 2. The Labute approximate surface area is 130 Å². The quantitative estimate of drug-likeness (QED) is 0.829. The molecule has 10 heteroatoms. The molecule has 3 rings (SSSR count). The maximum Gasteiger partial charge on any atom is 0.350 e. The van der Waals surface area contributed by atoms with Crippen molar-refractivity contribution in [2.24, 2.45) is 15.0 Å². The molecule has 0 atom stereocenters. The fourth-order valence-electron chi connectivity index (χ4n) is 2.05. The van der Waals surface area contributed by atoms with Gasteiger partial charge in [-0.1, -0.05) is 0 Å². The molecule has 1 aromatic rings. The van der Waals surface area contributed by atoms with E-state index in [-0.39, 0.29) is 28.0 Å². The molecular weight excluding hydrogens is 324 g/mol. The summed E-state index contributed by atoms with van der Waals surface area (Å²) in [7, 11) is -2.03. The summed E-state index contributed by atoms with van der Waals surface area (Å²) in [5, 5.41) is 2.00. The van der Waals surface area contributed by atoms with Gasteiger partial charge in [-0.05, 0) is 18.2 Å². The summed E-state index contributed by atoms with van der Waals surface area (Å²) in [6.07, 6.45) is 1.08. The molecule has 3 amide bonds. The predicted molar refractivity (Wildman–Crippen MR) is 81.0 cm³/mol. The SMILES string of the molecule is COc1cc(S(C)(=O)=O)ccc1C1=NC2=NC(=O)NC(=O)C2=N1. The van der Waals surface area contributed by atoms with Gasteiger partial charge in [-0.15, -0.1) is 0 Å². The van der Waals surface area contributed by atoms with Crippen LogP contribution in [0, 0.1) is 0 Å². The van der Waals surface area contributed by atoms with Crippen LogP contribution in [0.1, 0.15) is 5.56 Å². The molecule has 23 heavy (non-hydrogen) atoms. The summed E-state index contributed by atoms with van der Waals surface area (Å²) in [6, 6.07) is 3.37. The van der Waals surface area contributed by atoms with E-state index < -0.39 is 21.8 Å². The molecule has 0 fully saturated rings. The number of amides is 3. The van der Waals surface area contributed by atoms with Gasteiger partial charge in [0.15, 0.2) is 27.2 Å². The van der Waals surface area contributed by atoms with Gasteiger partial charge < -0.3 is 4.74 Å². The predicted octanol–water partition coefficient (Wildman–Crippen LogP) is -0.0518. The number of aliphatic imine (C=N–C) groups is 3. The van der Waals surface area contributed by atoms with Crippen molar-refractivity contribution in [3.63, 3.8) is 0 Å². The van der Waals surface area contributed by atoms with Crippen molar-refractivity contribution in [3.05, 3.63) is 23.8 Å². The van der Waals surface area contributed by atoms with Gasteiger partial charge >= 0.3 is 6.03 Å². The second-order valence-electron chi connectivity index (χ2n) is 4.72. The minimum atomic E-state index is -3.40. The number of rotatable bonds is 3. The molecule has 0 spiro atoms. The van der Waals surface area contributed by atoms with Crippen molar-refractivity contribution in [2.45, 2.75) is 4.90 Å². The van der Waals surface area contributed by atoms with E-state index in [1.54, 1.807) is 0 Å². The molecule has 2 aliphatic heterocycles. The van der Waals surface area contributed by atoms with Gasteiger partial charge in [0.1, 0.15) is 5.75 Å². The summed E-state index contributed by atoms with van der Waals surface area (Å²) in [5.41, 5.74) is 0.304. The number of nitrogens with one attached hydrogen (secondary N) is 1. The van der Waals surface area contributed by atoms with Crippen LogP contribution in [0.2, 0.25) is 0 Å². The number of amidine groups is 2. The lowest BCUT2D eigenvalue weighted by Gasteiger charge is -2.08. The number of fused-ring (bicyclic) bond motifs is 1. The fraction of sp³-hybridized carbons (Fsp3) is 0.154. The number of methoxy groups -OCH3 is 1. The van der Waals surface area contributed by atoms with Gasteiger partial charge in [0.05, 0.1) is 17.6 Å². The highest BCUT2D eigenvalue weighted by Crippen LogP contribution is 2.26. The Bertz CT molecular complexity index is 943. The van der Waals surface area contributed by atoms with Crippen LogP contribution in [0.15, 0.2) is 38.1 Å². The van der Waals surface area contributed by atoms with E-state index in [0.717, 1.165) is 6.26 Å². The van der Waals surface area contributed by atoms with Gasteiger partial charge in [0.25, 0.3) is 5.91 Å². The standard InChI is InChI=1S/C13H10N4O5S/c1-22-8-5-6(23(2,20)21)3-4-7(8)10-14-9-11(15-10)16-13(19)17-12(9)18/h3-5H,1-2H3,(H,17,18,19). The third kappa shape index (κ3) is 2.63. The van der Waals surface area contributed by atoms with Crippen molar-refractivity contribution in [3.8, 4) is 5.75 Å². The summed E-state index contributed by atoms with van der Waals surface area (Å²) >= 11 is 0.